The number of carbonyl (C=O) groups excluding carboxylic acids is 7. The summed E-state index contributed by atoms with van der Waals surface area (Å²) in [6.07, 6.45) is 8.47. The van der Waals surface area contributed by atoms with Crippen molar-refractivity contribution < 1.29 is 38.7 Å². The molecule has 4 aliphatic carbocycles. The van der Waals surface area contributed by atoms with Crippen LogP contribution in [0.2, 0.25) is 0 Å². The van der Waals surface area contributed by atoms with E-state index in [1.54, 1.807) is 26.0 Å². The molecule has 6 amide bonds. The van der Waals surface area contributed by atoms with Gasteiger partial charge in [-0.1, -0.05) is 66.5 Å². The maximum atomic E-state index is 14.6. The number of anilines is 1. The maximum absolute atomic E-state index is 14.6. The molecule has 2 aromatic carbocycles. The molecule has 318 valence electrons. The van der Waals surface area contributed by atoms with E-state index < -0.39 is 52.1 Å². The highest BCUT2D eigenvalue weighted by Crippen LogP contribution is 2.59. The van der Waals surface area contributed by atoms with Gasteiger partial charge in [-0.25, -0.2) is 0 Å². The fourth-order valence-corrected chi connectivity index (χ4v) is 11.6. The van der Waals surface area contributed by atoms with Crippen LogP contribution in [0.25, 0.3) is 0 Å². The van der Waals surface area contributed by atoms with Crippen LogP contribution in [-0.2, 0) is 57.2 Å². The largest absolute Gasteiger partial charge is 0.508 e. The van der Waals surface area contributed by atoms with Crippen molar-refractivity contribution in [1.29, 1.82) is 0 Å². The highest BCUT2D eigenvalue weighted by Gasteiger charge is 2.58. The number of phenolic OH excluding ortho intramolecular Hbond substituents is 1. The molecular formula is C46H61N5O8. The number of benzene rings is 2. The molecule has 4 aliphatic rings. The van der Waals surface area contributed by atoms with Crippen LogP contribution in [0.15, 0.2) is 36.4 Å². The van der Waals surface area contributed by atoms with Crippen molar-refractivity contribution in [2.75, 3.05) is 5.32 Å². The van der Waals surface area contributed by atoms with Crippen LogP contribution in [0.3, 0.4) is 0 Å². The van der Waals surface area contributed by atoms with Crippen LogP contribution in [0.1, 0.15) is 122 Å². The van der Waals surface area contributed by atoms with Gasteiger partial charge < -0.3 is 31.2 Å². The van der Waals surface area contributed by atoms with Crippen molar-refractivity contribution >= 4 is 47.9 Å². The first kappa shape index (κ1) is 43.5. The first-order chi connectivity index (χ1) is 27.8. The third-order valence-corrected chi connectivity index (χ3v) is 14.9. The molecule has 0 unspecified atom stereocenters. The lowest BCUT2D eigenvalue weighted by molar-refractivity contribution is -0.150. The SMILES string of the molecule is CC(C)[C@H](NC=O)C(=O)N[C@@H](C)C(=O)N[C@@H](C=O)C(=O)Nc1ccc2c(c1)[C@@]1(C)CCC[C@](C)(C(=O)NC(=O)[C@@]3(C)CCC[C@]4(C)c5cc(O)ccc5CC[C@@H]34)[C@@H]1CC2. The number of aromatic hydroxyl groups is 1. The summed E-state index contributed by atoms with van der Waals surface area (Å²) in [4.78, 5) is 91.1. The average molecular weight is 812 g/mol. The number of nitrogens with one attached hydrogen (secondary N) is 5. The molecule has 59 heavy (non-hydrogen) atoms. The van der Waals surface area contributed by atoms with Crippen molar-refractivity contribution in [3.05, 3.63) is 58.7 Å². The Kier molecular flexibility index (Phi) is 12.2. The Labute approximate surface area is 347 Å². The summed E-state index contributed by atoms with van der Waals surface area (Å²) >= 11 is 0. The highest BCUT2D eigenvalue weighted by molar-refractivity contribution is 6.07. The Morgan fingerprint density at radius 1 is 0.712 bits per heavy atom. The third kappa shape index (κ3) is 7.89. The number of carbonyl (C=O) groups is 7. The second-order valence-corrected chi connectivity index (χ2v) is 18.9. The molecule has 0 saturated heterocycles. The lowest BCUT2D eigenvalue weighted by Crippen LogP contribution is -2.60. The van der Waals surface area contributed by atoms with E-state index >= 15 is 0 Å². The summed E-state index contributed by atoms with van der Waals surface area (Å²) in [5, 5.41) is 23.5. The summed E-state index contributed by atoms with van der Waals surface area (Å²) in [5.41, 5.74) is 2.51. The second kappa shape index (κ2) is 16.5. The molecule has 6 rings (SSSR count). The lowest BCUT2D eigenvalue weighted by atomic mass is 9.49. The first-order valence-corrected chi connectivity index (χ1v) is 21.2. The van der Waals surface area contributed by atoms with Gasteiger partial charge in [0.2, 0.25) is 30.0 Å². The van der Waals surface area contributed by atoms with E-state index in [1.165, 1.54) is 12.5 Å². The Morgan fingerprint density at radius 2 is 1.25 bits per heavy atom. The zero-order valence-corrected chi connectivity index (χ0v) is 35.5. The van der Waals surface area contributed by atoms with E-state index in [9.17, 15) is 38.7 Å². The number of hydrogen-bond donors (Lipinski definition) is 6. The molecule has 13 heteroatoms. The van der Waals surface area contributed by atoms with Gasteiger partial charge in [0.15, 0.2) is 12.3 Å². The summed E-state index contributed by atoms with van der Waals surface area (Å²) in [6, 6.07) is 7.68. The van der Waals surface area contributed by atoms with Gasteiger partial charge in [-0.3, -0.25) is 34.1 Å². The lowest BCUT2D eigenvalue weighted by Gasteiger charge is -2.56. The minimum absolute atomic E-state index is 0.0103. The predicted octanol–water partition coefficient (Wildman–Crippen LogP) is 4.65. The molecule has 2 aromatic rings. The maximum Gasteiger partial charge on any atom is 0.254 e. The fourth-order valence-electron chi connectivity index (χ4n) is 11.6. The summed E-state index contributed by atoms with van der Waals surface area (Å²) in [6.45, 7) is 13.3. The van der Waals surface area contributed by atoms with Crippen LogP contribution in [0, 0.1) is 28.6 Å². The van der Waals surface area contributed by atoms with Crippen molar-refractivity contribution in [1.82, 2.24) is 21.3 Å². The van der Waals surface area contributed by atoms with Gasteiger partial charge in [0.05, 0.1) is 10.8 Å². The number of amides is 6. The first-order valence-electron chi connectivity index (χ1n) is 21.2. The number of aldehydes is 1. The number of aryl methyl sites for hydroxylation is 2. The van der Waals surface area contributed by atoms with Gasteiger partial charge in [-0.05, 0) is 133 Å². The third-order valence-electron chi connectivity index (χ3n) is 14.9. The van der Waals surface area contributed by atoms with E-state index in [0.717, 1.165) is 61.6 Å². The molecule has 0 heterocycles. The fraction of sp³-hybridized carbons (Fsp3) is 0.587. The van der Waals surface area contributed by atoms with Gasteiger partial charge in [-0.15, -0.1) is 0 Å². The van der Waals surface area contributed by atoms with Crippen molar-refractivity contribution in [2.24, 2.45) is 28.6 Å². The number of hydrogen-bond acceptors (Lipinski definition) is 8. The molecule has 0 spiro atoms. The standard InChI is InChI=1S/C46H61N5O8/c1-26(2)37(47-25-53)40(57)48-27(3)38(55)50-34(24-52)39(56)49-30-14-10-28-12-16-35-43(4,32(28)22-30)18-8-20-45(35,6)41(58)51-42(59)46(7)21-9-19-44(5)33-23-31(54)15-11-29(33)13-17-36(44)46/h10-11,14-15,22-27,34-37,54H,8-9,12-13,16-21H2,1-7H3,(H,47,53)(H,48,57)(H,49,56)(H,50,55)(H,51,58,59)/t27-,34-,35+,36+,37-,43+,44+,45-,46-/m0/s1. The zero-order valence-electron chi connectivity index (χ0n) is 35.5. The average Bonchev–Trinajstić information content (AvgIpc) is 3.18. The topological polar surface area (TPSA) is 200 Å². The Bertz CT molecular complexity index is 2030. The van der Waals surface area contributed by atoms with Crippen LogP contribution in [-0.4, -0.2) is 65.5 Å². The molecule has 13 nitrogen and oxygen atoms in total. The number of fused-ring (bicyclic) bond motifs is 6. The van der Waals surface area contributed by atoms with E-state index in [1.807, 2.05) is 38.1 Å². The molecule has 2 saturated carbocycles. The number of imide groups is 1. The minimum atomic E-state index is -1.55. The van der Waals surface area contributed by atoms with Crippen molar-refractivity contribution in [2.45, 2.75) is 142 Å². The zero-order chi connectivity index (χ0) is 43.1. The van der Waals surface area contributed by atoms with Crippen molar-refractivity contribution in [3.8, 4) is 5.75 Å². The molecular weight excluding hydrogens is 751 g/mol. The molecule has 0 aliphatic heterocycles. The van der Waals surface area contributed by atoms with Crippen LogP contribution >= 0.6 is 0 Å². The molecule has 0 radical (unpaired) electrons. The normalized spacial score (nSPS) is 29.7. The van der Waals surface area contributed by atoms with Gasteiger partial charge >= 0.3 is 0 Å². The van der Waals surface area contributed by atoms with E-state index in [4.69, 9.17) is 0 Å². The van der Waals surface area contributed by atoms with E-state index in [2.05, 4.69) is 40.4 Å². The van der Waals surface area contributed by atoms with Gasteiger partial charge in [0.25, 0.3) is 5.91 Å². The van der Waals surface area contributed by atoms with Crippen LogP contribution in [0.4, 0.5) is 5.69 Å². The predicted molar refractivity (Wildman–Crippen MR) is 222 cm³/mol. The molecule has 0 bridgehead atoms. The number of rotatable bonds is 12. The summed E-state index contributed by atoms with van der Waals surface area (Å²) in [5.74, 6) is -2.67. The molecule has 2 fully saturated rings. The second-order valence-electron chi connectivity index (χ2n) is 18.9. The molecule has 9 atom stereocenters. The summed E-state index contributed by atoms with van der Waals surface area (Å²) in [7, 11) is 0. The van der Waals surface area contributed by atoms with Crippen molar-refractivity contribution in [3.63, 3.8) is 0 Å². The van der Waals surface area contributed by atoms with Crippen LogP contribution < -0.4 is 26.6 Å². The highest BCUT2D eigenvalue weighted by atomic mass is 16.3. The quantitative estimate of drug-likeness (QED) is 0.101. The Balaban J connectivity index is 1.15. The monoisotopic (exact) mass is 811 g/mol. The van der Waals surface area contributed by atoms with Gasteiger partial charge in [0, 0.05) is 5.69 Å². The Morgan fingerprint density at radius 3 is 1.78 bits per heavy atom. The molecule has 6 N–H and O–H groups in total. The Hall–Kier alpha value is -5.07. The summed E-state index contributed by atoms with van der Waals surface area (Å²) < 4.78 is 0. The smallest absolute Gasteiger partial charge is 0.254 e. The number of phenols is 1. The van der Waals surface area contributed by atoms with Gasteiger partial charge in [-0.2, -0.15) is 0 Å². The molecule has 0 aromatic heterocycles. The minimum Gasteiger partial charge on any atom is -0.508 e. The van der Waals surface area contributed by atoms with Crippen LogP contribution in [0.5, 0.6) is 5.75 Å². The van der Waals surface area contributed by atoms with E-state index in [-0.39, 0.29) is 40.7 Å². The van der Waals surface area contributed by atoms with E-state index in [0.29, 0.717) is 37.6 Å². The van der Waals surface area contributed by atoms with Gasteiger partial charge in [0.1, 0.15) is 17.8 Å².